The maximum atomic E-state index is 13.7. The Bertz CT molecular complexity index is 1360. The summed E-state index contributed by atoms with van der Waals surface area (Å²) in [6.45, 7) is 3.26. The van der Waals surface area contributed by atoms with Crippen LogP contribution in [0.1, 0.15) is 28.3 Å². The summed E-state index contributed by atoms with van der Waals surface area (Å²) in [6.07, 6.45) is 0. The van der Waals surface area contributed by atoms with Gasteiger partial charge in [-0.2, -0.15) is 0 Å². The van der Waals surface area contributed by atoms with E-state index in [1.165, 1.54) is 18.1 Å². The van der Waals surface area contributed by atoms with Crippen LogP contribution in [0.15, 0.2) is 72.3 Å². The van der Waals surface area contributed by atoms with E-state index in [0.717, 1.165) is 16.0 Å². The van der Waals surface area contributed by atoms with E-state index in [2.05, 4.69) is 0 Å². The van der Waals surface area contributed by atoms with Crippen molar-refractivity contribution in [2.45, 2.75) is 19.6 Å². The minimum Gasteiger partial charge on any atom is -0.872 e. The second-order valence-corrected chi connectivity index (χ2v) is 9.60. The number of likely N-dealkylation sites (tertiary alicyclic amines) is 1. The van der Waals surface area contributed by atoms with Gasteiger partial charge in [0, 0.05) is 5.57 Å². The van der Waals surface area contributed by atoms with Gasteiger partial charge >= 0.3 is 0 Å². The van der Waals surface area contributed by atoms with Crippen molar-refractivity contribution >= 4 is 17.4 Å². The predicted octanol–water partition coefficient (Wildman–Crippen LogP) is 1.66. The summed E-state index contributed by atoms with van der Waals surface area (Å²) in [5.74, 6) is -1.37. The van der Waals surface area contributed by atoms with Gasteiger partial charge in [0.25, 0.3) is 5.91 Å². The highest BCUT2D eigenvalue weighted by Crippen LogP contribution is 2.41. The molecule has 0 bridgehead atoms. The average molecular weight is 517 g/mol. The maximum absolute atomic E-state index is 13.7. The number of quaternary nitrogens is 1. The fourth-order valence-corrected chi connectivity index (χ4v) is 4.45. The summed E-state index contributed by atoms with van der Waals surface area (Å²) in [5, 5.41) is 23.7. The standard InChI is InChI=1S/C30H32N2O6/c1-19-7-5-6-8-22(19)18-38-23-12-9-20(10-13-23)28(34)26-27(21-11-14-24(33)25(17-21)37-4)32(16-15-31(2)3)30(36)29(26)35/h5-14,17,27,33-34H,15-16,18H2,1-4H3/b28-26+. The minimum absolute atomic E-state index is 0.0784. The molecule has 0 aromatic heterocycles. The first-order chi connectivity index (χ1) is 18.2. The number of phenolic OH excluding ortho intramolecular Hbond substituents is 1. The summed E-state index contributed by atoms with van der Waals surface area (Å²) < 4.78 is 11.1. The average Bonchev–Trinajstić information content (AvgIpc) is 3.16. The molecule has 0 aliphatic carbocycles. The smallest absolute Gasteiger partial charge is 0.295 e. The molecule has 1 amide bonds. The Morgan fingerprint density at radius 1 is 1.05 bits per heavy atom. The Balaban J connectivity index is 1.68. The van der Waals surface area contributed by atoms with E-state index in [1.807, 2.05) is 45.3 Å². The maximum Gasteiger partial charge on any atom is 0.295 e. The summed E-state index contributed by atoms with van der Waals surface area (Å²) in [5.41, 5.74) is 2.85. The molecular formula is C30H32N2O6. The fraction of sp³-hybridized carbons (Fsp3) is 0.267. The molecule has 38 heavy (non-hydrogen) atoms. The molecule has 1 fully saturated rings. The number of nitrogens with one attached hydrogen (secondary N) is 1. The number of likely N-dealkylation sites (N-methyl/N-ethyl adjacent to an activating group) is 1. The number of ketones is 1. The normalized spacial score (nSPS) is 16.8. The van der Waals surface area contributed by atoms with E-state index in [0.29, 0.717) is 24.5 Å². The molecule has 8 nitrogen and oxygen atoms in total. The molecule has 1 aliphatic rings. The molecule has 1 aliphatic heterocycles. The minimum atomic E-state index is -0.895. The number of benzene rings is 3. The number of hydrogen-bond acceptors (Lipinski definition) is 6. The quantitative estimate of drug-likeness (QED) is 0.255. The molecule has 0 spiro atoms. The monoisotopic (exact) mass is 516 g/mol. The summed E-state index contributed by atoms with van der Waals surface area (Å²) in [7, 11) is 5.30. The van der Waals surface area contributed by atoms with Crippen LogP contribution in [-0.4, -0.2) is 56.0 Å². The molecule has 1 unspecified atom stereocenters. The zero-order valence-electron chi connectivity index (χ0n) is 22.0. The van der Waals surface area contributed by atoms with Gasteiger partial charge in [-0.15, -0.1) is 0 Å². The lowest BCUT2D eigenvalue weighted by molar-refractivity contribution is -0.857. The summed E-state index contributed by atoms with van der Waals surface area (Å²) in [4.78, 5) is 28.8. The topological polar surface area (TPSA) is 104 Å². The van der Waals surface area contributed by atoms with Crippen LogP contribution in [0.4, 0.5) is 0 Å². The van der Waals surface area contributed by atoms with Crippen LogP contribution in [0, 0.1) is 6.92 Å². The Labute approximate surface area is 222 Å². The fourth-order valence-electron chi connectivity index (χ4n) is 4.45. The summed E-state index contributed by atoms with van der Waals surface area (Å²) >= 11 is 0. The van der Waals surface area contributed by atoms with Gasteiger partial charge in [-0.3, -0.25) is 9.59 Å². The van der Waals surface area contributed by atoms with E-state index in [9.17, 15) is 19.8 Å². The van der Waals surface area contributed by atoms with Crippen molar-refractivity contribution in [3.05, 3.63) is 94.6 Å². The van der Waals surface area contributed by atoms with E-state index in [-0.39, 0.29) is 29.2 Å². The zero-order valence-corrected chi connectivity index (χ0v) is 22.0. The van der Waals surface area contributed by atoms with E-state index in [4.69, 9.17) is 9.47 Å². The number of phenols is 1. The largest absolute Gasteiger partial charge is 0.872 e. The van der Waals surface area contributed by atoms with Crippen molar-refractivity contribution in [2.24, 2.45) is 0 Å². The third-order valence-electron chi connectivity index (χ3n) is 6.67. The molecular weight excluding hydrogens is 484 g/mol. The molecule has 3 aromatic rings. The SMILES string of the molecule is COc1cc(C2/C(=C(\[O-])c3ccc(OCc4ccccc4C)cc3)C(=O)C(=O)N2CC[NH+](C)C)ccc1O. The van der Waals surface area contributed by atoms with Crippen LogP contribution in [0.5, 0.6) is 17.2 Å². The number of carbonyl (C=O) groups is 2. The number of rotatable bonds is 9. The highest BCUT2D eigenvalue weighted by molar-refractivity contribution is 6.46. The first kappa shape index (κ1) is 26.8. The van der Waals surface area contributed by atoms with Gasteiger partial charge in [0.15, 0.2) is 11.5 Å². The number of ether oxygens (including phenoxy) is 2. The number of nitrogens with zero attached hydrogens (tertiary/aromatic N) is 1. The molecule has 4 rings (SSSR count). The van der Waals surface area contributed by atoms with Gasteiger partial charge < -0.3 is 29.5 Å². The van der Waals surface area contributed by atoms with Crippen molar-refractivity contribution < 1.29 is 34.2 Å². The molecule has 1 saturated heterocycles. The van der Waals surface area contributed by atoms with E-state index >= 15 is 0 Å². The Morgan fingerprint density at radius 2 is 1.76 bits per heavy atom. The van der Waals surface area contributed by atoms with Crippen molar-refractivity contribution in [1.29, 1.82) is 0 Å². The Hall–Kier alpha value is -4.30. The molecule has 198 valence electrons. The third kappa shape index (κ3) is 5.50. The van der Waals surface area contributed by atoms with Gasteiger partial charge in [0.2, 0.25) is 5.78 Å². The highest BCUT2D eigenvalue weighted by Gasteiger charge is 2.44. The van der Waals surface area contributed by atoms with Crippen molar-refractivity contribution in [2.75, 3.05) is 34.3 Å². The first-order valence-corrected chi connectivity index (χ1v) is 12.4. The molecule has 1 atom stereocenters. The van der Waals surface area contributed by atoms with E-state index in [1.54, 1.807) is 36.4 Å². The molecule has 8 heteroatoms. The van der Waals surface area contributed by atoms with Gasteiger partial charge in [0.1, 0.15) is 12.4 Å². The number of methoxy groups -OCH3 is 1. The van der Waals surface area contributed by atoms with Gasteiger partial charge in [-0.25, -0.2) is 0 Å². The lowest BCUT2D eigenvalue weighted by atomic mass is 9.95. The van der Waals surface area contributed by atoms with Crippen LogP contribution in [-0.2, 0) is 16.2 Å². The Kier molecular flexibility index (Phi) is 8.02. The van der Waals surface area contributed by atoms with Crippen molar-refractivity contribution in [1.82, 2.24) is 4.90 Å². The number of hydrogen-bond donors (Lipinski definition) is 2. The van der Waals surface area contributed by atoms with E-state index < -0.39 is 23.5 Å². The van der Waals surface area contributed by atoms with Crippen LogP contribution in [0.25, 0.3) is 5.76 Å². The number of aryl methyl sites for hydroxylation is 1. The number of amides is 1. The molecule has 0 radical (unpaired) electrons. The third-order valence-corrected chi connectivity index (χ3v) is 6.67. The van der Waals surface area contributed by atoms with Crippen LogP contribution >= 0.6 is 0 Å². The number of Topliss-reactive ketones (excluding diaryl/α,β-unsaturated/α-hetero) is 1. The van der Waals surface area contributed by atoms with Gasteiger partial charge in [-0.1, -0.05) is 48.2 Å². The second-order valence-electron chi connectivity index (χ2n) is 9.60. The van der Waals surface area contributed by atoms with Crippen LogP contribution in [0.3, 0.4) is 0 Å². The van der Waals surface area contributed by atoms with Crippen LogP contribution in [0.2, 0.25) is 0 Å². The lowest BCUT2D eigenvalue weighted by Gasteiger charge is -2.28. The highest BCUT2D eigenvalue weighted by atomic mass is 16.5. The molecule has 0 saturated carbocycles. The first-order valence-electron chi connectivity index (χ1n) is 12.4. The lowest BCUT2D eigenvalue weighted by Crippen LogP contribution is -3.06. The van der Waals surface area contributed by atoms with Gasteiger partial charge in [-0.05, 0) is 53.4 Å². The zero-order chi connectivity index (χ0) is 27.4. The van der Waals surface area contributed by atoms with Crippen molar-refractivity contribution in [3.63, 3.8) is 0 Å². The second kappa shape index (κ2) is 11.4. The number of aromatic hydroxyl groups is 1. The predicted molar refractivity (Wildman–Crippen MR) is 141 cm³/mol. The molecule has 3 aromatic carbocycles. The van der Waals surface area contributed by atoms with Crippen molar-refractivity contribution in [3.8, 4) is 17.2 Å². The summed E-state index contributed by atoms with van der Waals surface area (Å²) in [6, 6.07) is 18.2. The van der Waals surface area contributed by atoms with Crippen LogP contribution < -0.4 is 19.5 Å². The molecule has 1 heterocycles. The Morgan fingerprint density at radius 3 is 2.42 bits per heavy atom. The number of carbonyl (C=O) groups excluding carboxylic acids is 2. The molecule has 2 N–H and O–H groups in total. The van der Waals surface area contributed by atoms with Gasteiger partial charge in [0.05, 0.1) is 40.3 Å².